The molecule has 1 amide bonds. The number of carbonyl (C=O) groups is 2. The average molecular weight is 357 g/mol. The van der Waals surface area contributed by atoms with E-state index in [9.17, 15) is 27.9 Å². The maximum absolute atomic E-state index is 12.9. The number of hydrogen-bond donors (Lipinski definition) is 2. The topological polar surface area (TPSA) is 66.4 Å². The van der Waals surface area contributed by atoms with Gasteiger partial charge in [-0.2, -0.15) is 13.2 Å². The third kappa shape index (κ3) is 4.52. The first kappa shape index (κ1) is 19.3. The lowest BCUT2D eigenvalue weighted by atomic mass is 9.92. The number of halogens is 3. The van der Waals surface area contributed by atoms with Crippen LogP contribution in [-0.2, 0) is 21.2 Å². The second-order valence-corrected chi connectivity index (χ2v) is 7.04. The third-order valence-corrected chi connectivity index (χ3v) is 4.54. The number of nitrogens with one attached hydrogen (secondary N) is 1. The van der Waals surface area contributed by atoms with Crippen molar-refractivity contribution in [3.63, 3.8) is 0 Å². The number of rotatable bonds is 7. The Morgan fingerprint density at radius 3 is 2.40 bits per heavy atom. The fourth-order valence-corrected chi connectivity index (χ4v) is 2.99. The number of alkyl halides is 3. The van der Waals surface area contributed by atoms with E-state index in [4.69, 9.17) is 0 Å². The van der Waals surface area contributed by atoms with E-state index in [1.165, 1.54) is 12.1 Å². The molecule has 0 heterocycles. The minimum atomic E-state index is -4.46. The Balaban J connectivity index is 2.10. The molecule has 2 rings (SSSR count). The van der Waals surface area contributed by atoms with Crippen LogP contribution in [0.4, 0.5) is 13.2 Å². The predicted octanol–water partition coefficient (Wildman–Crippen LogP) is 3.60. The van der Waals surface area contributed by atoms with Crippen molar-refractivity contribution in [2.45, 2.75) is 44.7 Å². The summed E-state index contributed by atoms with van der Waals surface area (Å²) in [6.45, 7) is 3.76. The van der Waals surface area contributed by atoms with Gasteiger partial charge in [0.2, 0.25) is 5.91 Å². The zero-order valence-electron chi connectivity index (χ0n) is 14.2. The molecule has 0 spiro atoms. The van der Waals surface area contributed by atoms with E-state index in [0.29, 0.717) is 24.8 Å². The van der Waals surface area contributed by atoms with Crippen LogP contribution in [0.2, 0.25) is 0 Å². The van der Waals surface area contributed by atoms with Gasteiger partial charge in [0.05, 0.1) is 16.9 Å². The number of carboxylic acids is 1. The third-order valence-electron chi connectivity index (χ3n) is 4.54. The summed E-state index contributed by atoms with van der Waals surface area (Å²) in [4.78, 5) is 23.8. The first-order valence-corrected chi connectivity index (χ1v) is 8.25. The molecule has 0 bridgehead atoms. The Labute approximate surface area is 144 Å². The van der Waals surface area contributed by atoms with Crippen molar-refractivity contribution < 1.29 is 27.9 Å². The summed E-state index contributed by atoms with van der Waals surface area (Å²) in [6, 6.07) is 4.80. The van der Waals surface area contributed by atoms with Crippen molar-refractivity contribution in [1.82, 2.24) is 5.32 Å². The molecule has 0 aromatic heterocycles. The van der Waals surface area contributed by atoms with Crippen LogP contribution in [0.15, 0.2) is 24.3 Å². The van der Waals surface area contributed by atoms with Crippen LogP contribution in [0.25, 0.3) is 0 Å². The number of carbonyl (C=O) groups excluding carboxylic acids is 1. The maximum Gasteiger partial charge on any atom is 0.416 e. The maximum atomic E-state index is 12.9. The number of amides is 1. The molecule has 1 aromatic carbocycles. The average Bonchev–Trinajstić information content (AvgIpc) is 3.31. The standard InChI is InChI=1S/C18H22F3NO3/c1-11(2)8-12(15(23)24)10-22-16(25)17(6-7-17)13-4-3-5-14(9-13)18(19,20)21/h3-5,9,11-12H,6-8,10H2,1-2H3,(H,22,25)(H,23,24). The monoisotopic (exact) mass is 357 g/mol. The molecule has 1 aromatic rings. The van der Waals surface area contributed by atoms with E-state index < -0.39 is 34.9 Å². The molecule has 25 heavy (non-hydrogen) atoms. The highest BCUT2D eigenvalue weighted by Crippen LogP contribution is 2.49. The molecule has 1 fully saturated rings. The molecule has 4 nitrogen and oxygen atoms in total. The lowest BCUT2D eigenvalue weighted by Crippen LogP contribution is -2.39. The Morgan fingerprint density at radius 1 is 1.28 bits per heavy atom. The Kier molecular flexibility index (Phi) is 5.44. The van der Waals surface area contributed by atoms with Crippen molar-refractivity contribution in [3.8, 4) is 0 Å². The fraction of sp³-hybridized carbons (Fsp3) is 0.556. The normalized spacial score (nSPS) is 17.2. The molecular weight excluding hydrogens is 335 g/mol. The van der Waals surface area contributed by atoms with Gasteiger partial charge < -0.3 is 10.4 Å². The Bertz CT molecular complexity index is 651. The molecule has 2 N–H and O–H groups in total. The molecule has 7 heteroatoms. The van der Waals surface area contributed by atoms with Crippen LogP contribution >= 0.6 is 0 Å². The molecule has 0 saturated heterocycles. The van der Waals surface area contributed by atoms with Crippen LogP contribution in [-0.4, -0.2) is 23.5 Å². The van der Waals surface area contributed by atoms with Crippen molar-refractivity contribution in [1.29, 1.82) is 0 Å². The van der Waals surface area contributed by atoms with E-state index >= 15 is 0 Å². The first-order valence-electron chi connectivity index (χ1n) is 8.25. The van der Waals surface area contributed by atoms with Gasteiger partial charge in [-0.1, -0.05) is 32.0 Å². The Hall–Kier alpha value is -2.05. The molecule has 1 atom stereocenters. The van der Waals surface area contributed by atoms with E-state index in [1.807, 2.05) is 13.8 Å². The van der Waals surface area contributed by atoms with Crippen LogP contribution in [0, 0.1) is 11.8 Å². The van der Waals surface area contributed by atoms with E-state index in [1.54, 1.807) is 0 Å². The smallest absolute Gasteiger partial charge is 0.416 e. The SMILES string of the molecule is CC(C)CC(CNC(=O)C1(c2cccc(C(F)(F)F)c2)CC1)C(=O)O. The number of benzene rings is 1. The van der Waals surface area contributed by atoms with E-state index in [2.05, 4.69) is 5.32 Å². The quantitative estimate of drug-likeness (QED) is 0.784. The largest absolute Gasteiger partial charge is 0.481 e. The highest BCUT2D eigenvalue weighted by molar-refractivity contribution is 5.91. The Morgan fingerprint density at radius 2 is 1.92 bits per heavy atom. The van der Waals surface area contributed by atoms with Gasteiger partial charge in [-0.15, -0.1) is 0 Å². The summed E-state index contributed by atoms with van der Waals surface area (Å²) < 4.78 is 38.6. The molecule has 1 aliphatic rings. The lowest BCUT2D eigenvalue weighted by molar-refractivity contribution is -0.142. The molecular formula is C18H22F3NO3. The lowest BCUT2D eigenvalue weighted by Gasteiger charge is -2.20. The van der Waals surface area contributed by atoms with Crippen molar-refractivity contribution in [2.75, 3.05) is 6.54 Å². The highest BCUT2D eigenvalue weighted by Gasteiger charge is 2.51. The summed E-state index contributed by atoms with van der Waals surface area (Å²) in [5, 5.41) is 11.8. The minimum Gasteiger partial charge on any atom is -0.481 e. The number of aliphatic carboxylic acids is 1. The van der Waals surface area contributed by atoms with Crippen LogP contribution in [0.3, 0.4) is 0 Å². The van der Waals surface area contributed by atoms with Crippen LogP contribution in [0.5, 0.6) is 0 Å². The van der Waals surface area contributed by atoms with Crippen LogP contribution < -0.4 is 5.32 Å². The van der Waals surface area contributed by atoms with Crippen LogP contribution in [0.1, 0.15) is 44.2 Å². The minimum absolute atomic E-state index is 0.0208. The van der Waals surface area contributed by atoms with Gasteiger partial charge in [-0.25, -0.2) is 0 Å². The first-order chi connectivity index (χ1) is 11.6. The molecule has 138 valence electrons. The number of carboxylic acid groups (broad SMARTS) is 1. The van der Waals surface area contributed by atoms with Gasteiger partial charge in [0.1, 0.15) is 0 Å². The van der Waals surface area contributed by atoms with Crippen molar-refractivity contribution >= 4 is 11.9 Å². The van der Waals surface area contributed by atoms with Gasteiger partial charge in [0.15, 0.2) is 0 Å². The van der Waals surface area contributed by atoms with E-state index in [-0.39, 0.29) is 12.5 Å². The zero-order chi connectivity index (χ0) is 18.8. The van der Waals surface area contributed by atoms with E-state index in [0.717, 1.165) is 12.1 Å². The highest BCUT2D eigenvalue weighted by atomic mass is 19.4. The second-order valence-electron chi connectivity index (χ2n) is 7.04. The summed E-state index contributed by atoms with van der Waals surface area (Å²) >= 11 is 0. The van der Waals surface area contributed by atoms with Gasteiger partial charge in [0.25, 0.3) is 0 Å². The van der Waals surface area contributed by atoms with Crippen molar-refractivity contribution in [3.05, 3.63) is 35.4 Å². The summed E-state index contributed by atoms with van der Waals surface area (Å²) in [5.41, 5.74) is -1.43. The molecule has 1 saturated carbocycles. The summed E-state index contributed by atoms with van der Waals surface area (Å²) in [7, 11) is 0. The van der Waals surface area contributed by atoms with Gasteiger partial charge in [-0.05, 0) is 36.8 Å². The zero-order valence-corrected chi connectivity index (χ0v) is 14.2. The van der Waals surface area contributed by atoms with Gasteiger partial charge >= 0.3 is 12.1 Å². The van der Waals surface area contributed by atoms with Gasteiger partial charge in [-0.3, -0.25) is 9.59 Å². The molecule has 1 aliphatic carbocycles. The summed E-state index contributed by atoms with van der Waals surface area (Å²) in [5.74, 6) is -1.93. The molecule has 0 radical (unpaired) electrons. The van der Waals surface area contributed by atoms with Crippen molar-refractivity contribution in [2.24, 2.45) is 11.8 Å². The second kappa shape index (κ2) is 7.06. The molecule has 1 unspecified atom stereocenters. The molecule has 0 aliphatic heterocycles. The number of hydrogen-bond acceptors (Lipinski definition) is 2. The fourth-order valence-electron chi connectivity index (χ4n) is 2.99. The van der Waals surface area contributed by atoms with Gasteiger partial charge in [0, 0.05) is 6.54 Å². The summed E-state index contributed by atoms with van der Waals surface area (Å²) in [6.07, 6.45) is -3.12. The predicted molar refractivity (Wildman–Crippen MR) is 85.9 cm³/mol.